The van der Waals surface area contributed by atoms with Gasteiger partial charge in [-0.15, -0.1) is 22.7 Å². The summed E-state index contributed by atoms with van der Waals surface area (Å²) in [7, 11) is 0. The van der Waals surface area contributed by atoms with Crippen molar-refractivity contribution in [3.8, 4) is 21.2 Å². The maximum absolute atomic E-state index is 13.9. The highest BCUT2D eigenvalue weighted by molar-refractivity contribution is 7.17. The fourth-order valence-corrected chi connectivity index (χ4v) is 3.93. The number of hydrogen-bond acceptors (Lipinski definition) is 6. The summed E-state index contributed by atoms with van der Waals surface area (Å²) < 4.78 is 19.0. The van der Waals surface area contributed by atoms with E-state index in [1.807, 2.05) is 17.5 Å². The zero-order valence-electron chi connectivity index (χ0n) is 13.3. The molecule has 0 saturated heterocycles. The summed E-state index contributed by atoms with van der Waals surface area (Å²) in [5, 5.41) is 8.53. The van der Waals surface area contributed by atoms with Crippen LogP contribution in [0.3, 0.4) is 0 Å². The van der Waals surface area contributed by atoms with Crippen molar-refractivity contribution in [2.75, 3.05) is 0 Å². The van der Waals surface area contributed by atoms with Crippen LogP contribution in [0.5, 0.6) is 0 Å². The lowest BCUT2D eigenvalue weighted by Crippen LogP contribution is -2.22. The van der Waals surface area contributed by atoms with E-state index >= 15 is 0 Å². The van der Waals surface area contributed by atoms with Crippen LogP contribution in [0, 0.1) is 5.82 Å². The van der Waals surface area contributed by atoms with Gasteiger partial charge in [0.2, 0.25) is 0 Å². The Kier molecular flexibility index (Phi) is 4.59. The molecule has 1 N–H and O–H groups in total. The van der Waals surface area contributed by atoms with Crippen molar-refractivity contribution in [1.82, 2.24) is 15.5 Å². The van der Waals surface area contributed by atoms with E-state index in [1.54, 1.807) is 30.3 Å². The monoisotopic (exact) mass is 385 g/mol. The first-order valence-corrected chi connectivity index (χ1v) is 9.40. The average Bonchev–Trinajstić information content (AvgIpc) is 3.40. The molecule has 0 spiro atoms. The van der Waals surface area contributed by atoms with Crippen LogP contribution in [0.2, 0.25) is 0 Å². The molecule has 0 bridgehead atoms. The Morgan fingerprint density at radius 1 is 1.12 bits per heavy atom. The molecule has 8 heteroatoms. The fourth-order valence-electron chi connectivity index (χ4n) is 2.34. The van der Waals surface area contributed by atoms with E-state index in [1.165, 1.54) is 28.7 Å². The van der Waals surface area contributed by atoms with Crippen molar-refractivity contribution < 1.29 is 13.7 Å². The van der Waals surface area contributed by atoms with Crippen molar-refractivity contribution in [2.45, 2.75) is 6.54 Å². The van der Waals surface area contributed by atoms with Crippen LogP contribution in [-0.4, -0.2) is 16.0 Å². The van der Waals surface area contributed by atoms with Gasteiger partial charge in [-0.1, -0.05) is 29.4 Å². The Bertz CT molecular complexity index is 1040. The van der Waals surface area contributed by atoms with Crippen molar-refractivity contribution >= 4 is 28.6 Å². The van der Waals surface area contributed by atoms with E-state index < -0.39 is 0 Å². The van der Waals surface area contributed by atoms with Crippen LogP contribution >= 0.6 is 22.7 Å². The number of hydrogen-bond donors (Lipinski definition) is 1. The first-order valence-electron chi connectivity index (χ1n) is 7.70. The molecular formula is C18H12FN3O2S2. The van der Waals surface area contributed by atoms with E-state index in [0.29, 0.717) is 27.0 Å². The third kappa shape index (κ3) is 3.42. The molecule has 0 aliphatic heterocycles. The van der Waals surface area contributed by atoms with Gasteiger partial charge in [0, 0.05) is 10.4 Å². The second-order valence-corrected chi connectivity index (χ2v) is 7.35. The van der Waals surface area contributed by atoms with Crippen LogP contribution in [0.25, 0.3) is 21.2 Å². The minimum absolute atomic E-state index is 0.153. The SMILES string of the molecule is O=C(NCc1noc(-c2cccs2)n1)c1ccc(-c2ccccc2F)s1. The molecule has 5 nitrogen and oxygen atoms in total. The van der Waals surface area contributed by atoms with Gasteiger partial charge in [-0.3, -0.25) is 4.79 Å². The highest BCUT2D eigenvalue weighted by Crippen LogP contribution is 2.30. The van der Waals surface area contributed by atoms with Gasteiger partial charge in [-0.05, 0) is 29.6 Å². The third-order valence-corrected chi connectivity index (χ3v) is 5.55. The molecule has 0 fully saturated rings. The zero-order chi connectivity index (χ0) is 17.9. The molecule has 0 radical (unpaired) electrons. The Balaban J connectivity index is 1.42. The molecule has 0 atom stereocenters. The molecule has 4 rings (SSSR count). The Labute approximate surface area is 156 Å². The summed E-state index contributed by atoms with van der Waals surface area (Å²) in [6.45, 7) is 0.153. The quantitative estimate of drug-likeness (QED) is 0.545. The van der Waals surface area contributed by atoms with Gasteiger partial charge >= 0.3 is 0 Å². The average molecular weight is 385 g/mol. The predicted octanol–water partition coefficient (Wildman–Crippen LogP) is 4.60. The van der Waals surface area contributed by atoms with Gasteiger partial charge in [0.25, 0.3) is 11.8 Å². The molecule has 1 amide bonds. The van der Waals surface area contributed by atoms with E-state index in [2.05, 4.69) is 15.5 Å². The lowest BCUT2D eigenvalue weighted by Gasteiger charge is -2.00. The van der Waals surface area contributed by atoms with E-state index in [9.17, 15) is 9.18 Å². The van der Waals surface area contributed by atoms with Crippen molar-refractivity contribution in [3.05, 3.63) is 70.4 Å². The first kappa shape index (κ1) is 16.6. The molecular weight excluding hydrogens is 373 g/mol. The lowest BCUT2D eigenvalue weighted by molar-refractivity contribution is 0.0953. The predicted molar refractivity (Wildman–Crippen MR) is 98.5 cm³/mol. The number of amides is 1. The molecule has 3 heterocycles. The van der Waals surface area contributed by atoms with Gasteiger partial charge in [-0.2, -0.15) is 4.98 Å². The van der Waals surface area contributed by atoms with Gasteiger partial charge in [0.1, 0.15) is 5.82 Å². The summed E-state index contributed by atoms with van der Waals surface area (Å²) in [4.78, 5) is 18.6. The van der Waals surface area contributed by atoms with Crippen LogP contribution < -0.4 is 5.32 Å². The maximum atomic E-state index is 13.9. The van der Waals surface area contributed by atoms with Gasteiger partial charge < -0.3 is 9.84 Å². The zero-order valence-corrected chi connectivity index (χ0v) is 14.9. The molecule has 0 saturated carbocycles. The fraction of sp³-hybridized carbons (Fsp3) is 0.0556. The normalized spacial score (nSPS) is 10.8. The number of carbonyl (C=O) groups excluding carboxylic acids is 1. The molecule has 130 valence electrons. The molecule has 1 aromatic carbocycles. The summed E-state index contributed by atoms with van der Waals surface area (Å²) in [6.07, 6.45) is 0. The van der Waals surface area contributed by atoms with Crippen LogP contribution in [0.4, 0.5) is 4.39 Å². The Morgan fingerprint density at radius 3 is 2.81 bits per heavy atom. The topological polar surface area (TPSA) is 68.0 Å². The number of thiophene rings is 2. The molecule has 0 unspecified atom stereocenters. The molecule has 3 aromatic heterocycles. The summed E-state index contributed by atoms with van der Waals surface area (Å²) in [5.41, 5.74) is 0.482. The number of benzene rings is 1. The van der Waals surface area contributed by atoms with Gasteiger partial charge in [0.05, 0.1) is 16.3 Å². The number of nitrogens with zero attached hydrogens (tertiary/aromatic N) is 2. The van der Waals surface area contributed by atoms with Crippen molar-refractivity contribution in [1.29, 1.82) is 0 Å². The second kappa shape index (κ2) is 7.19. The molecule has 26 heavy (non-hydrogen) atoms. The van der Waals surface area contributed by atoms with Gasteiger partial charge in [0.15, 0.2) is 5.82 Å². The van der Waals surface area contributed by atoms with E-state index in [4.69, 9.17) is 4.52 Å². The summed E-state index contributed by atoms with van der Waals surface area (Å²) in [6, 6.07) is 13.7. The van der Waals surface area contributed by atoms with Crippen molar-refractivity contribution in [2.24, 2.45) is 0 Å². The Morgan fingerprint density at radius 2 is 2.00 bits per heavy atom. The number of rotatable bonds is 5. The summed E-state index contributed by atoms with van der Waals surface area (Å²) >= 11 is 2.73. The minimum Gasteiger partial charge on any atom is -0.344 e. The third-order valence-electron chi connectivity index (χ3n) is 3.58. The number of halogens is 1. The van der Waals surface area contributed by atoms with Gasteiger partial charge in [-0.25, -0.2) is 4.39 Å². The van der Waals surface area contributed by atoms with E-state index in [0.717, 1.165) is 4.88 Å². The van der Waals surface area contributed by atoms with Crippen molar-refractivity contribution in [3.63, 3.8) is 0 Å². The second-order valence-electron chi connectivity index (χ2n) is 5.32. The maximum Gasteiger partial charge on any atom is 0.268 e. The first-order chi connectivity index (χ1) is 12.7. The highest BCUT2D eigenvalue weighted by Gasteiger charge is 2.14. The Hall–Kier alpha value is -2.84. The number of carbonyl (C=O) groups is 1. The number of aromatic nitrogens is 2. The molecule has 0 aliphatic carbocycles. The molecule has 4 aromatic rings. The lowest BCUT2D eigenvalue weighted by atomic mass is 10.2. The highest BCUT2D eigenvalue weighted by atomic mass is 32.1. The van der Waals surface area contributed by atoms with Crippen LogP contribution in [-0.2, 0) is 6.54 Å². The van der Waals surface area contributed by atoms with Crippen LogP contribution in [0.15, 0.2) is 58.4 Å². The summed E-state index contributed by atoms with van der Waals surface area (Å²) in [5.74, 6) is 0.254. The smallest absolute Gasteiger partial charge is 0.268 e. The largest absolute Gasteiger partial charge is 0.344 e. The standard InChI is InChI=1S/C18H12FN3O2S2/c19-12-5-2-1-4-11(12)13-7-8-14(26-13)17(23)20-10-16-21-18(24-22-16)15-6-3-9-25-15/h1-9H,10H2,(H,20,23). The minimum atomic E-state index is -0.311. The number of nitrogens with one attached hydrogen (secondary N) is 1. The molecule has 0 aliphatic rings. The van der Waals surface area contributed by atoms with E-state index in [-0.39, 0.29) is 18.3 Å². The van der Waals surface area contributed by atoms with Crippen LogP contribution in [0.1, 0.15) is 15.5 Å².